The van der Waals surface area contributed by atoms with E-state index in [1.807, 2.05) is 0 Å². The second-order valence-electron chi connectivity index (χ2n) is 8.80. The highest BCUT2D eigenvalue weighted by Crippen LogP contribution is 2.38. The zero-order valence-corrected chi connectivity index (χ0v) is 16.4. The lowest BCUT2D eigenvalue weighted by Gasteiger charge is -2.32. The summed E-state index contributed by atoms with van der Waals surface area (Å²) in [6, 6.07) is 17.9. The van der Waals surface area contributed by atoms with Gasteiger partial charge in [0.05, 0.1) is 0 Å². The Balaban J connectivity index is 1.29. The average molecular weight is 368 g/mol. The third-order valence-electron chi connectivity index (χ3n) is 7.13. The molecular formula is C26H27N2+. The third kappa shape index (κ3) is 2.74. The number of fused-ring (bicyclic) bond motifs is 3. The predicted molar refractivity (Wildman–Crippen MR) is 113 cm³/mol. The van der Waals surface area contributed by atoms with E-state index in [0.717, 1.165) is 32.1 Å². The fourth-order valence-electron chi connectivity index (χ4n) is 5.50. The first-order valence-electron chi connectivity index (χ1n) is 10.7. The second-order valence-corrected chi connectivity index (χ2v) is 8.80. The van der Waals surface area contributed by atoms with Crippen molar-refractivity contribution in [1.82, 2.24) is 4.90 Å². The molecule has 0 fully saturated rings. The fourth-order valence-corrected chi connectivity index (χ4v) is 5.50. The molecule has 140 valence electrons. The van der Waals surface area contributed by atoms with Gasteiger partial charge >= 0.3 is 0 Å². The summed E-state index contributed by atoms with van der Waals surface area (Å²) in [5.74, 6) is 0.766. The lowest BCUT2D eigenvalue weighted by Crippen LogP contribution is -2.26. The highest BCUT2D eigenvalue weighted by molar-refractivity contribution is 5.93. The zero-order chi connectivity index (χ0) is 18.5. The molecule has 28 heavy (non-hydrogen) atoms. The van der Waals surface area contributed by atoms with Crippen LogP contribution >= 0.6 is 0 Å². The first kappa shape index (κ1) is 16.4. The molecule has 2 nitrogen and oxygen atoms in total. The van der Waals surface area contributed by atoms with Gasteiger partial charge in [0.2, 0.25) is 0 Å². The van der Waals surface area contributed by atoms with Gasteiger partial charge < -0.3 is 4.90 Å². The molecule has 4 aliphatic rings. The van der Waals surface area contributed by atoms with E-state index in [9.17, 15) is 0 Å². The first-order valence-corrected chi connectivity index (χ1v) is 10.7. The Morgan fingerprint density at radius 1 is 0.714 bits per heavy atom. The molecule has 1 unspecified atom stereocenters. The Morgan fingerprint density at radius 3 is 2.00 bits per heavy atom. The maximum atomic E-state index is 2.60. The average Bonchev–Trinajstić information content (AvgIpc) is 3.37. The minimum atomic E-state index is 0.766. The van der Waals surface area contributed by atoms with Crippen molar-refractivity contribution in [3.05, 3.63) is 94.2 Å². The van der Waals surface area contributed by atoms with Crippen LogP contribution < -0.4 is 0 Å². The molecule has 0 N–H and O–H groups in total. The summed E-state index contributed by atoms with van der Waals surface area (Å²) in [6.45, 7) is 4.33. The van der Waals surface area contributed by atoms with E-state index in [0.29, 0.717) is 0 Å². The van der Waals surface area contributed by atoms with Gasteiger partial charge in [-0.3, -0.25) is 0 Å². The molecule has 2 heterocycles. The van der Waals surface area contributed by atoms with E-state index in [-0.39, 0.29) is 0 Å². The molecular weight excluding hydrogens is 340 g/mol. The van der Waals surface area contributed by atoms with E-state index in [4.69, 9.17) is 0 Å². The van der Waals surface area contributed by atoms with E-state index in [1.165, 1.54) is 47.9 Å². The quantitative estimate of drug-likeness (QED) is 0.629. The Labute approximate surface area is 167 Å². The molecule has 0 amide bonds. The Bertz CT molecular complexity index is 988. The molecule has 0 saturated carbocycles. The number of rotatable bonds is 1. The minimum absolute atomic E-state index is 0.766. The fraction of sp³-hybridized carbons (Fsp3) is 0.346. The molecule has 0 radical (unpaired) electrons. The van der Waals surface area contributed by atoms with Gasteiger partial charge in [0.1, 0.15) is 0 Å². The van der Waals surface area contributed by atoms with Crippen molar-refractivity contribution in [3.8, 4) is 0 Å². The molecule has 0 spiro atoms. The largest absolute Gasteiger partial charge is 0.366 e. The van der Waals surface area contributed by atoms with Gasteiger partial charge in [0.15, 0.2) is 18.8 Å². The molecule has 2 aliphatic heterocycles. The lowest BCUT2D eigenvalue weighted by atomic mass is 9.79. The number of nitrogens with zero attached hydrogens (tertiary/aromatic N) is 2. The van der Waals surface area contributed by atoms with Crippen LogP contribution in [0.15, 0.2) is 72.0 Å². The Hall–Kier alpha value is -2.61. The summed E-state index contributed by atoms with van der Waals surface area (Å²) in [6.07, 6.45) is 10.2. The van der Waals surface area contributed by atoms with Crippen LogP contribution in [0.3, 0.4) is 0 Å². The Morgan fingerprint density at radius 2 is 1.32 bits per heavy atom. The van der Waals surface area contributed by atoms with Gasteiger partial charge in [-0.1, -0.05) is 48.5 Å². The van der Waals surface area contributed by atoms with Gasteiger partial charge in [-0.15, -0.1) is 0 Å². The van der Waals surface area contributed by atoms with Crippen LogP contribution in [-0.2, 0) is 26.2 Å². The van der Waals surface area contributed by atoms with E-state index in [2.05, 4.69) is 70.2 Å². The van der Waals surface area contributed by atoms with Crippen molar-refractivity contribution in [2.75, 3.05) is 0 Å². The van der Waals surface area contributed by atoms with E-state index in [1.54, 1.807) is 17.0 Å². The summed E-state index contributed by atoms with van der Waals surface area (Å²) in [7, 11) is 0. The second kappa shape index (κ2) is 6.48. The van der Waals surface area contributed by atoms with Gasteiger partial charge in [-0.25, -0.2) is 4.58 Å². The van der Waals surface area contributed by atoms with Crippen LogP contribution in [0.4, 0.5) is 0 Å². The third-order valence-corrected chi connectivity index (χ3v) is 7.13. The Kier molecular flexibility index (Phi) is 3.78. The normalized spacial score (nSPS) is 23.1. The van der Waals surface area contributed by atoms with E-state index < -0.39 is 0 Å². The first-order chi connectivity index (χ1) is 13.8. The van der Waals surface area contributed by atoms with Gasteiger partial charge in [0.25, 0.3) is 0 Å². The molecule has 0 aromatic heterocycles. The molecule has 2 aromatic carbocycles. The highest BCUT2D eigenvalue weighted by atomic mass is 15.2. The molecule has 1 atom stereocenters. The van der Waals surface area contributed by atoms with Crippen LogP contribution in [0.25, 0.3) is 0 Å². The summed E-state index contributed by atoms with van der Waals surface area (Å²) in [5, 5.41) is 0. The van der Waals surface area contributed by atoms with Crippen molar-refractivity contribution in [1.29, 1.82) is 0 Å². The van der Waals surface area contributed by atoms with Crippen LogP contribution in [0.2, 0.25) is 0 Å². The van der Waals surface area contributed by atoms with Crippen molar-refractivity contribution < 1.29 is 4.58 Å². The summed E-state index contributed by atoms with van der Waals surface area (Å²) >= 11 is 0. The lowest BCUT2D eigenvalue weighted by molar-refractivity contribution is -0.549. The van der Waals surface area contributed by atoms with Gasteiger partial charge in [-0.2, -0.15) is 0 Å². The maximum Gasteiger partial charge on any atom is 0.176 e. The monoisotopic (exact) mass is 367 g/mol. The summed E-state index contributed by atoms with van der Waals surface area (Å²) in [4.78, 5) is 2.60. The van der Waals surface area contributed by atoms with Crippen molar-refractivity contribution in [2.45, 2.75) is 51.9 Å². The SMILES string of the molecule is C1=C2C=C(N3Cc4ccccc4C3)CCC2CCC1=[N+]1Cc2ccccc2C1. The van der Waals surface area contributed by atoms with Crippen LogP contribution in [0.1, 0.15) is 47.9 Å². The number of hydrogen-bond acceptors (Lipinski definition) is 1. The minimum Gasteiger partial charge on any atom is -0.366 e. The smallest absolute Gasteiger partial charge is 0.176 e. The molecule has 2 aliphatic carbocycles. The number of allylic oxidation sites excluding steroid dienone is 4. The molecule has 0 saturated heterocycles. The molecule has 0 bridgehead atoms. The maximum absolute atomic E-state index is 2.60. The van der Waals surface area contributed by atoms with Gasteiger partial charge in [0, 0.05) is 42.4 Å². The van der Waals surface area contributed by atoms with E-state index >= 15 is 0 Å². The van der Waals surface area contributed by atoms with Crippen LogP contribution in [-0.4, -0.2) is 15.2 Å². The summed E-state index contributed by atoms with van der Waals surface area (Å²) < 4.78 is 2.60. The van der Waals surface area contributed by atoms with Crippen molar-refractivity contribution in [3.63, 3.8) is 0 Å². The number of benzene rings is 2. The molecule has 2 aromatic rings. The number of hydrogen-bond donors (Lipinski definition) is 0. The molecule has 2 heteroatoms. The topological polar surface area (TPSA) is 6.25 Å². The van der Waals surface area contributed by atoms with Crippen molar-refractivity contribution in [2.24, 2.45) is 5.92 Å². The highest BCUT2D eigenvalue weighted by Gasteiger charge is 2.31. The standard InChI is InChI=1S/C26H27N2/c1-2-6-21-16-27(15-20(21)5-1)25-11-9-19-10-12-26(14-24(19)13-25)28-17-22-7-3-4-8-23(22)18-28/h1-8,13-14,19H,9-12,15-18H2/q+1. The van der Waals surface area contributed by atoms with Crippen LogP contribution in [0, 0.1) is 5.92 Å². The summed E-state index contributed by atoms with van der Waals surface area (Å²) in [5.41, 5.74) is 10.7. The molecule has 6 rings (SSSR count). The zero-order valence-electron chi connectivity index (χ0n) is 16.4. The van der Waals surface area contributed by atoms with Gasteiger partial charge in [-0.05, 0) is 48.0 Å². The predicted octanol–water partition coefficient (Wildman–Crippen LogP) is 5.18. The van der Waals surface area contributed by atoms with Crippen LogP contribution in [0.5, 0.6) is 0 Å². The van der Waals surface area contributed by atoms with Crippen molar-refractivity contribution >= 4 is 5.71 Å².